The molecule has 6 heteroatoms. The van der Waals surface area contributed by atoms with Crippen molar-refractivity contribution < 1.29 is 9.53 Å². The van der Waals surface area contributed by atoms with Gasteiger partial charge in [0.25, 0.3) is 0 Å². The molecule has 1 atom stereocenters. The molecule has 0 unspecified atom stereocenters. The molecule has 1 spiro atoms. The lowest BCUT2D eigenvalue weighted by Gasteiger charge is -2.40. The molecule has 2 saturated heterocycles. The van der Waals surface area contributed by atoms with E-state index in [4.69, 9.17) is 4.74 Å². The molecule has 3 heterocycles. The number of hydrogen-bond donors (Lipinski definition) is 1. The average Bonchev–Trinajstić information content (AvgIpc) is 3.24. The van der Waals surface area contributed by atoms with Crippen molar-refractivity contribution in [2.45, 2.75) is 63.8 Å². The Morgan fingerprint density at radius 1 is 1.30 bits per heavy atom. The molecule has 6 nitrogen and oxygen atoms in total. The summed E-state index contributed by atoms with van der Waals surface area (Å²) in [6.45, 7) is 7.58. The number of rotatable bonds is 5. The number of benzene rings is 1. The van der Waals surface area contributed by atoms with Crippen LogP contribution in [0.1, 0.15) is 39.5 Å². The zero-order valence-corrected chi connectivity index (χ0v) is 16.4. The first-order chi connectivity index (χ1) is 13.0. The lowest BCUT2D eigenvalue weighted by Crippen LogP contribution is -2.47. The third-order valence-corrected chi connectivity index (χ3v) is 6.07. The van der Waals surface area contributed by atoms with E-state index in [1.807, 2.05) is 30.5 Å². The van der Waals surface area contributed by atoms with Crippen LogP contribution in [0.25, 0.3) is 10.9 Å². The molecule has 4 rings (SSSR count). The van der Waals surface area contributed by atoms with Crippen molar-refractivity contribution in [1.29, 1.82) is 0 Å². The fraction of sp³-hybridized carbons (Fsp3) is 0.619. The maximum Gasteiger partial charge on any atom is 0.241 e. The highest BCUT2D eigenvalue weighted by atomic mass is 16.5. The van der Waals surface area contributed by atoms with Gasteiger partial charge >= 0.3 is 0 Å². The summed E-state index contributed by atoms with van der Waals surface area (Å²) in [5.41, 5.74) is 0.958. The lowest BCUT2D eigenvalue weighted by atomic mass is 9.88. The predicted octanol–water partition coefficient (Wildman–Crippen LogP) is 2.57. The van der Waals surface area contributed by atoms with Crippen LogP contribution in [-0.4, -0.2) is 58.0 Å². The Labute approximate surface area is 160 Å². The summed E-state index contributed by atoms with van der Waals surface area (Å²) in [7, 11) is 0. The van der Waals surface area contributed by atoms with Crippen LogP contribution < -0.4 is 5.32 Å². The Hall–Kier alpha value is -1.92. The Balaban J connectivity index is 1.24. The second-order valence-corrected chi connectivity index (χ2v) is 8.28. The Morgan fingerprint density at radius 3 is 2.81 bits per heavy atom. The standard InChI is InChI=1S/C21H30N4O2/c1-16(2)24-11-9-21(10-12-24)8-7-18(27-21)13-22-20(26)15-25-14-17-5-3-4-6-19(17)23-25/h3-6,14,16,18H,7-13,15H2,1-2H3,(H,22,26)/t18-/m0/s1. The second kappa shape index (κ2) is 7.60. The number of carbonyl (C=O) groups excluding carboxylic acids is 1. The summed E-state index contributed by atoms with van der Waals surface area (Å²) < 4.78 is 8.11. The van der Waals surface area contributed by atoms with E-state index in [0.717, 1.165) is 49.7 Å². The molecule has 2 fully saturated rings. The molecule has 27 heavy (non-hydrogen) atoms. The second-order valence-electron chi connectivity index (χ2n) is 8.28. The molecule has 1 aromatic carbocycles. The maximum absolute atomic E-state index is 12.3. The number of aromatic nitrogens is 2. The van der Waals surface area contributed by atoms with Gasteiger partial charge in [0, 0.05) is 37.3 Å². The van der Waals surface area contributed by atoms with Crippen molar-refractivity contribution in [1.82, 2.24) is 20.0 Å². The molecule has 0 aliphatic carbocycles. The summed E-state index contributed by atoms with van der Waals surface area (Å²) in [5, 5.41) is 8.53. The van der Waals surface area contributed by atoms with E-state index in [-0.39, 0.29) is 24.2 Å². The van der Waals surface area contributed by atoms with Crippen LogP contribution in [0.2, 0.25) is 0 Å². The van der Waals surface area contributed by atoms with Gasteiger partial charge in [0.15, 0.2) is 0 Å². The molecule has 2 aliphatic rings. The van der Waals surface area contributed by atoms with E-state index >= 15 is 0 Å². The van der Waals surface area contributed by atoms with Gasteiger partial charge in [-0.1, -0.05) is 18.2 Å². The molecule has 146 valence electrons. The van der Waals surface area contributed by atoms with E-state index in [2.05, 4.69) is 29.2 Å². The SMILES string of the molecule is CC(C)N1CCC2(CC[C@@H](CNC(=O)Cn3cc4ccccc4n3)O2)CC1. The van der Waals surface area contributed by atoms with Gasteiger partial charge in [0.2, 0.25) is 5.91 Å². The largest absolute Gasteiger partial charge is 0.370 e. The molecule has 2 aliphatic heterocycles. The molecule has 0 saturated carbocycles. The van der Waals surface area contributed by atoms with Crippen LogP contribution >= 0.6 is 0 Å². The Kier molecular flexibility index (Phi) is 5.19. The Bertz CT molecular complexity index is 759. The van der Waals surface area contributed by atoms with Gasteiger partial charge in [-0.3, -0.25) is 9.48 Å². The van der Waals surface area contributed by atoms with Crippen LogP contribution in [-0.2, 0) is 16.1 Å². The number of hydrogen-bond acceptors (Lipinski definition) is 4. The third-order valence-electron chi connectivity index (χ3n) is 6.07. The van der Waals surface area contributed by atoms with Gasteiger partial charge < -0.3 is 15.0 Å². The molecule has 0 bridgehead atoms. The zero-order valence-electron chi connectivity index (χ0n) is 16.4. The monoisotopic (exact) mass is 370 g/mol. The van der Waals surface area contributed by atoms with E-state index in [1.165, 1.54) is 0 Å². The van der Waals surface area contributed by atoms with Gasteiger partial charge in [-0.2, -0.15) is 5.10 Å². The third kappa shape index (κ3) is 4.17. The Morgan fingerprint density at radius 2 is 2.07 bits per heavy atom. The van der Waals surface area contributed by atoms with E-state index < -0.39 is 0 Å². The van der Waals surface area contributed by atoms with E-state index in [1.54, 1.807) is 4.68 Å². The number of ether oxygens (including phenoxy) is 1. The van der Waals surface area contributed by atoms with Crippen molar-refractivity contribution in [3.05, 3.63) is 30.5 Å². The quantitative estimate of drug-likeness (QED) is 0.879. The summed E-state index contributed by atoms with van der Waals surface area (Å²) in [5.74, 6) is -0.0121. The minimum atomic E-state index is -0.0121. The summed E-state index contributed by atoms with van der Waals surface area (Å²) in [4.78, 5) is 14.8. The molecular formula is C21H30N4O2. The first-order valence-electron chi connectivity index (χ1n) is 10.1. The van der Waals surface area contributed by atoms with Crippen molar-refractivity contribution in [2.75, 3.05) is 19.6 Å². The van der Waals surface area contributed by atoms with Gasteiger partial charge in [-0.05, 0) is 45.6 Å². The predicted molar refractivity (Wildman–Crippen MR) is 106 cm³/mol. The minimum absolute atomic E-state index is 0.0121. The highest BCUT2D eigenvalue weighted by molar-refractivity contribution is 5.79. The highest BCUT2D eigenvalue weighted by Crippen LogP contribution is 2.39. The highest BCUT2D eigenvalue weighted by Gasteiger charge is 2.42. The van der Waals surface area contributed by atoms with Crippen LogP contribution in [0.4, 0.5) is 0 Å². The van der Waals surface area contributed by atoms with E-state index in [9.17, 15) is 4.79 Å². The lowest BCUT2D eigenvalue weighted by molar-refractivity contribution is -0.123. The molecule has 1 aromatic heterocycles. The maximum atomic E-state index is 12.3. The molecular weight excluding hydrogens is 340 g/mol. The molecule has 1 N–H and O–H groups in total. The normalized spacial score (nSPS) is 22.7. The number of nitrogens with one attached hydrogen (secondary N) is 1. The van der Waals surface area contributed by atoms with Gasteiger partial charge in [0.05, 0.1) is 17.2 Å². The van der Waals surface area contributed by atoms with Crippen molar-refractivity contribution in [2.24, 2.45) is 0 Å². The van der Waals surface area contributed by atoms with E-state index in [0.29, 0.717) is 12.6 Å². The smallest absolute Gasteiger partial charge is 0.241 e. The van der Waals surface area contributed by atoms with Gasteiger partial charge in [-0.15, -0.1) is 0 Å². The number of amides is 1. The van der Waals surface area contributed by atoms with Gasteiger partial charge in [0.1, 0.15) is 6.54 Å². The number of piperidine rings is 1. The van der Waals surface area contributed by atoms with Crippen LogP contribution in [0.15, 0.2) is 30.5 Å². The molecule has 0 radical (unpaired) electrons. The van der Waals surface area contributed by atoms with Crippen LogP contribution in [0.5, 0.6) is 0 Å². The van der Waals surface area contributed by atoms with Crippen LogP contribution in [0.3, 0.4) is 0 Å². The molecule has 1 amide bonds. The van der Waals surface area contributed by atoms with Crippen molar-refractivity contribution in [3.8, 4) is 0 Å². The summed E-state index contributed by atoms with van der Waals surface area (Å²) in [6, 6.07) is 8.51. The van der Waals surface area contributed by atoms with Crippen molar-refractivity contribution in [3.63, 3.8) is 0 Å². The number of likely N-dealkylation sites (tertiary alicyclic amines) is 1. The number of fused-ring (bicyclic) bond motifs is 1. The summed E-state index contributed by atoms with van der Waals surface area (Å²) in [6.07, 6.45) is 6.41. The fourth-order valence-electron chi connectivity index (χ4n) is 4.38. The molecule has 2 aromatic rings. The fourth-order valence-corrected chi connectivity index (χ4v) is 4.38. The summed E-state index contributed by atoms with van der Waals surface area (Å²) >= 11 is 0. The van der Waals surface area contributed by atoms with Gasteiger partial charge in [-0.25, -0.2) is 0 Å². The number of carbonyl (C=O) groups is 1. The first-order valence-corrected chi connectivity index (χ1v) is 10.1. The van der Waals surface area contributed by atoms with Crippen LogP contribution in [0, 0.1) is 0 Å². The number of nitrogens with zero attached hydrogens (tertiary/aromatic N) is 3. The minimum Gasteiger partial charge on any atom is -0.370 e. The average molecular weight is 370 g/mol. The first kappa shape index (κ1) is 18.4. The topological polar surface area (TPSA) is 59.4 Å². The van der Waals surface area contributed by atoms with Crippen molar-refractivity contribution >= 4 is 16.8 Å². The zero-order chi connectivity index (χ0) is 18.9.